The summed E-state index contributed by atoms with van der Waals surface area (Å²) in [5.74, 6) is -2.84. The first-order valence-electron chi connectivity index (χ1n) is 10.7. The highest BCUT2D eigenvalue weighted by Crippen LogP contribution is 2.37. The minimum atomic E-state index is -5.24. The molecule has 3 aromatic rings. The maximum atomic E-state index is 13.0. The zero-order valence-electron chi connectivity index (χ0n) is 19.0. The largest absolute Gasteiger partial charge is 0.495 e. The second-order valence-electron chi connectivity index (χ2n) is 7.98. The van der Waals surface area contributed by atoms with E-state index in [1.165, 1.54) is 13.2 Å². The fraction of sp³-hybridized carbons (Fsp3) is 0.240. The molecule has 4 rings (SSSR count). The number of carbonyl (C=O) groups excluding carboxylic acids is 2. The van der Waals surface area contributed by atoms with Crippen LogP contribution in [0.2, 0.25) is 0 Å². The molecule has 1 aliphatic rings. The van der Waals surface area contributed by atoms with Crippen molar-refractivity contribution in [3.8, 4) is 11.4 Å². The average molecular weight is 485 g/mol. The van der Waals surface area contributed by atoms with Crippen LogP contribution in [0.25, 0.3) is 11.8 Å². The number of halogens is 3. The number of benzene rings is 2. The van der Waals surface area contributed by atoms with Gasteiger partial charge >= 0.3 is 12.1 Å². The molecule has 1 atom stereocenters. The highest BCUT2D eigenvalue weighted by molar-refractivity contribution is 5.92. The minimum Gasteiger partial charge on any atom is -0.495 e. The lowest BCUT2D eigenvalue weighted by molar-refractivity contribution is -0.242. The topological polar surface area (TPSA) is 73.7 Å². The third kappa shape index (κ3) is 5.21. The number of nitrogens with zero attached hydrogens (tertiary/aromatic N) is 3. The molecule has 0 radical (unpaired) electrons. The van der Waals surface area contributed by atoms with Gasteiger partial charge in [-0.1, -0.05) is 30.3 Å². The van der Waals surface area contributed by atoms with Crippen molar-refractivity contribution in [2.45, 2.75) is 32.0 Å². The molecule has 0 fully saturated rings. The van der Waals surface area contributed by atoms with Crippen LogP contribution in [-0.4, -0.2) is 39.8 Å². The van der Waals surface area contributed by atoms with Gasteiger partial charge in [0, 0.05) is 12.3 Å². The number of carbonyl (C=O) groups is 2. The zero-order valence-corrected chi connectivity index (χ0v) is 19.0. The number of methoxy groups -OCH3 is 1. The van der Waals surface area contributed by atoms with Crippen molar-refractivity contribution in [1.29, 1.82) is 0 Å². The van der Waals surface area contributed by atoms with Crippen molar-refractivity contribution in [3.63, 3.8) is 0 Å². The van der Waals surface area contributed by atoms with Gasteiger partial charge in [-0.25, -0.2) is 9.78 Å². The summed E-state index contributed by atoms with van der Waals surface area (Å²) in [5, 5.41) is 0.512. The van der Waals surface area contributed by atoms with Gasteiger partial charge in [0.1, 0.15) is 5.75 Å². The predicted molar refractivity (Wildman–Crippen MR) is 120 cm³/mol. The number of rotatable bonds is 5. The second kappa shape index (κ2) is 9.65. The Balaban J connectivity index is 1.60. The van der Waals surface area contributed by atoms with Gasteiger partial charge in [-0.3, -0.25) is 4.79 Å². The summed E-state index contributed by atoms with van der Waals surface area (Å²) >= 11 is 0. The first-order chi connectivity index (χ1) is 16.7. The molecule has 0 unspecified atom stereocenters. The van der Waals surface area contributed by atoms with Gasteiger partial charge < -0.3 is 14.1 Å². The molecule has 1 heterocycles. The highest BCUT2D eigenvalue weighted by Gasteiger charge is 2.45. The Morgan fingerprint density at radius 2 is 1.97 bits per heavy atom. The fourth-order valence-corrected chi connectivity index (χ4v) is 3.99. The molecule has 1 aliphatic carbocycles. The Morgan fingerprint density at radius 1 is 1.20 bits per heavy atom. The number of ether oxygens (including phenoxy) is 1. The van der Waals surface area contributed by atoms with Crippen molar-refractivity contribution in [2.24, 2.45) is 0 Å². The maximum absolute atomic E-state index is 13.0. The van der Waals surface area contributed by atoms with Crippen molar-refractivity contribution in [2.75, 3.05) is 7.11 Å². The summed E-state index contributed by atoms with van der Waals surface area (Å²) < 4.78 is 46.0. The van der Waals surface area contributed by atoms with Crippen molar-refractivity contribution < 1.29 is 32.3 Å². The molecular formula is C25H22F3N3O4. The van der Waals surface area contributed by atoms with E-state index >= 15 is 0 Å². The van der Waals surface area contributed by atoms with Crippen LogP contribution in [0, 0.1) is 6.92 Å². The average Bonchev–Trinajstić information content (AvgIpc) is 3.46. The van der Waals surface area contributed by atoms with Crippen LogP contribution in [0.5, 0.6) is 5.75 Å². The smallest absolute Gasteiger partial charge is 0.493 e. The van der Waals surface area contributed by atoms with Crippen LogP contribution in [0.15, 0.2) is 61.1 Å². The first-order valence-corrected chi connectivity index (χ1v) is 10.7. The molecule has 1 amide bonds. The molecule has 0 saturated heterocycles. The van der Waals surface area contributed by atoms with Crippen molar-refractivity contribution in [1.82, 2.24) is 14.6 Å². The Kier molecular flexibility index (Phi) is 6.63. The number of amides is 1. The Morgan fingerprint density at radius 3 is 2.66 bits per heavy atom. The van der Waals surface area contributed by atoms with Crippen LogP contribution in [0.4, 0.5) is 13.2 Å². The lowest BCUT2D eigenvalue weighted by atomic mass is 10.1. The van der Waals surface area contributed by atoms with Gasteiger partial charge in [-0.15, -0.1) is 0 Å². The lowest BCUT2D eigenvalue weighted by Gasteiger charge is -2.27. The van der Waals surface area contributed by atoms with E-state index in [2.05, 4.69) is 9.82 Å². The minimum absolute atomic E-state index is 0.330. The molecule has 1 aromatic heterocycles. The molecule has 7 nitrogen and oxygen atoms in total. The molecule has 2 aromatic carbocycles. The number of alkyl halides is 3. The van der Waals surface area contributed by atoms with E-state index in [0.717, 1.165) is 23.0 Å². The molecule has 0 spiro atoms. The Bertz CT molecular complexity index is 1280. The van der Waals surface area contributed by atoms with E-state index in [1.54, 1.807) is 47.3 Å². The fourth-order valence-electron chi connectivity index (χ4n) is 3.99. The van der Waals surface area contributed by atoms with E-state index in [4.69, 9.17) is 4.74 Å². The number of hydrogen-bond acceptors (Lipinski definition) is 5. The van der Waals surface area contributed by atoms with Gasteiger partial charge in [0.25, 0.3) is 5.91 Å². The summed E-state index contributed by atoms with van der Waals surface area (Å²) in [5.41, 5.74) is 3.64. The quantitative estimate of drug-likeness (QED) is 0.386. The third-order valence-corrected chi connectivity index (χ3v) is 5.63. The summed E-state index contributed by atoms with van der Waals surface area (Å²) in [6, 6.07) is 11.4. The number of aryl methyl sites for hydroxylation is 2. The number of hydroxylamine groups is 2. The predicted octanol–water partition coefficient (Wildman–Crippen LogP) is 4.74. The van der Waals surface area contributed by atoms with Crippen molar-refractivity contribution >= 4 is 18.0 Å². The molecule has 10 heteroatoms. The van der Waals surface area contributed by atoms with Gasteiger partial charge in [-0.2, -0.15) is 18.2 Å². The van der Waals surface area contributed by atoms with E-state index in [9.17, 15) is 22.8 Å². The summed E-state index contributed by atoms with van der Waals surface area (Å²) in [6.45, 7) is 1.85. The highest BCUT2D eigenvalue weighted by atomic mass is 19.4. The Hall–Kier alpha value is -4.08. The summed E-state index contributed by atoms with van der Waals surface area (Å²) in [4.78, 5) is 33.3. The summed E-state index contributed by atoms with van der Waals surface area (Å²) in [7, 11) is 1.50. The third-order valence-electron chi connectivity index (χ3n) is 5.63. The first kappa shape index (κ1) is 24.1. The monoisotopic (exact) mass is 485 g/mol. The maximum Gasteiger partial charge on any atom is 0.493 e. The van der Waals surface area contributed by atoms with E-state index in [1.807, 2.05) is 19.2 Å². The van der Waals surface area contributed by atoms with Gasteiger partial charge in [-0.05, 0) is 54.7 Å². The number of imidazole rings is 1. The van der Waals surface area contributed by atoms with E-state index in [0.29, 0.717) is 34.8 Å². The Labute approximate surface area is 199 Å². The normalized spacial score (nSPS) is 15.2. The molecule has 0 saturated carbocycles. The van der Waals surface area contributed by atoms with E-state index in [-0.39, 0.29) is 0 Å². The van der Waals surface area contributed by atoms with E-state index < -0.39 is 24.1 Å². The van der Waals surface area contributed by atoms with Gasteiger partial charge in [0.2, 0.25) is 0 Å². The molecule has 0 aliphatic heterocycles. The zero-order chi connectivity index (χ0) is 25.2. The van der Waals surface area contributed by atoms with Crippen molar-refractivity contribution in [3.05, 3.63) is 83.4 Å². The standard InChI is InChI=1S/C25H22F3N3O4/c1-16-14-30(15-29-16)21-10-7-17(13-22(21)34-2)8-12-23(32)31(35-24(33)25(26,27)28)20-11-9-18-5-3-4-6-19(18)20/h3-8,10,12-15,20H,9,11H2,1-2H3/b12-8+/t20-/m0/s1. The molecule has 182 valence electrons. The van der Waals surface area contributed by atoms with Gasteiger partial charge in [0.15, 0.2) is 0 Å². The lowest BCUT2D eigenvalue weighted by Crippen LogP contribution is -2.39. The second-order valence-corrected chi connectivity index (χ2v) is 7.98. The van der Waals surface area contributed by atoms with Crippen LogP contribution in [0.3, 0.4) is 0 Å². The number of fused-ring (bicyclic) bond motifs is 1. The van der Waals surface area contributed by atoms with Crippen LogP contribution < -0.4 is 4.74 Å². The van der Waals surface area contributed by atoms with Gasteiger partial charge in [0.05, 0.1) is 30.9 Å². The number of hydrogen-bond donors (Lipinski definition) is 0. The molecule has 0 N–H and O–H groups in total. The van der Waals surface area contributed by atoms with Crippen LogP contribution >= 0.6 is 0 Å². The SMILES string of the molecule is COc1cc(/C=C/C(=O)N(OC(=O)C(F)(F)F)[C@H]2CCc3ccccc32)ccc1-n1cnc(C)c1. The number of aromatic nitrogens is 2. The molecular weight excluding hydrogens is 463 g/mol. The van der Waals surface area contributed by atoms with Crippen LogP contribution in [-0.2, 0) is 20.8 Å². The van der Waals surface area contributed by atoms with Crippen LogP contribution in [0.1, 0.15) is 34.8 Å². The molecule has 35 heavy (non-hydrogen) atoms. The molecule has 0 bridgehead atoms. The summed E-state index contributed by atoms with van der Waals surface area (Å²) in [6.07, 6.45) is 1.58.